The van der Waals surface area contributed by atoms with Crippen molar-refractivity contribution in [1.29, 1.82) is 0 Å². The van der Waals surface area contributed by atoms with E-state index >= 15 is 0 Å². The van der Waals surface area contributed by atoms with E-state index in [2.05, 4.69) is 12.2 Å². The maximum absolute atomic E-state index is 8.86. The molecule has 1 aliphatic rings. The van der Waals surface area contributed by atoms with E-state index in [0.717, 1.165) is 5.92 Å². The zero-order valence-corrected chi connectivity index (χ0v) is 8.21. The molecule has 0 radical (unpaired) electrons. The normalized spacial score (nSPS) is 24.2. The first-order valence-corrected chi connectivity index (χ1v) is 5.11. The molecule has 1 aliphatic carbocycles. The summed E-state index contributed by atoms with van der Waals surface area (Å²) in [5.41, 5.74) is 0. The van der Waals surface area contributed by atoms with E-state index in [4.69, 9.17) is 5.11 Å². The van der Waals surface area contributed by atoms with Crippen molar-refractivity contribution in [2.24, 2.45) is 5.92 Å². The second-order valence-corrected chi connectivity index (χ2v) is 4.08. The summed E-state index contributed by atoms with van der Waals surface area (Å²) in [4.78, 5) is 0. The summed E-state index contributed by atoms with van der Waals surface area (Å²) in [6.07, 6.45) is 5.52. The summed E-state index contributed by atoms with van der Waals surface area (Å²) in [6.45, 7) is 4.52. The molecule has 0 heterocycles. The van der Waals surface area contributed by atoms with Gasteiger partial charge in [-0.2, -0.15) is 0 Å². The van der Waals surface area contributed by atoms with Gasteiger partial charge in [-0.05, 0) is 32.6 Å². The standard InChI is InChI=1S/C10H21NO/c1-8(7-12)11-9(2)10-5-3-4-6-10/h8-12H,3-7H2,1-2H3. The Bertz CT molecular complexity index is 121. The summed E-state index contributed by atoms with van der Waals surface area (Å²) in [6, 6.07) is 0.829. The molecule has 2 N–H and O–H groups in total. The van der Waals surface area contributed by atoms with Gasteiger partial charge < -0.3 is 10.4 Å². The summed E-state index contributed by atoms with van der Waals surface area (Å²) < 4.78 is 0. The van der Waals surface area contributed by atoms with Crippen LogP contribution in [0.2, 0.25) is 0 Å². The average Bonchev–Trinajstić information content (AvgIpc) is 2.56. The van der Waals surface area contributed by atoms with Crippen LogP contribution in [0.4, 0.5) is 0 Å². The van der Waals surface area contributed by atoms with Crippen LogP contribution < -0.4 is 5.32 Å². The molecular weight excluding hydrogens is 150 g/mol. The van der Waals surface area contributed by atoms with Crippen molar-refractivity contribution in [1.82, 2.24) is 5.32 Å². The van der Waals surface area contributed by atoms with E-state index in [0.29, 0.717) is 6.04 Å². The van der Waals surface area contributed by atoms with E-state index in [1.54, 1.807) is 0 Å². The molecule has 0 aromatic rings. The van der Waals surface area contributed by atoms with Crippen molar-refractivity contribution in [2.75, 3.05) is 6.61 Å². The molecule has 2 nitrogen and oxygen atoms in total. The Labute approximate surface area is 75.4 Å². The number of hydrogen-bond donors (Lipinski definition) is 2. The Morgan fingerprint density at radius 1 is 1.33 bits per heavy atom. The van der Waals surface area contributed by atoms with Crippen molar-refractivity contribution in [2.45, 2.75) is 51.6 Å². The van der Waals surface area contributed by atoms with Gasteiger partial charge in [0.2, 0.25) is 0 Å². The molecule has 2 unspecified atom stereocenters. The Hall–Kier alpha value is -0.0800. The fourth-order valence-corrected chi connectivity index (χ4v) is 2.09. The molecule has 1 saturated carbocycles. The molecule has 12 heavy (non-hydrogen) atoms. The van der Waals surface area contributed by atoms with Crippen LogP contribution >= 0.6 is 0 Å². The number of nitrogens with one attached hydrogen (secondary N) is 1. The van der Waals surface area contributed by atoms with Crippen molar-refractivity contribution in [3.05, 3.63) is 0 Å². The molecule has 0 aliphatic heterocycles. The number of aliphatic hydroxyl groups excluding tert-OH is 1. The van der Waals surface area contributed by atoms with Gasteiger partial charge in [0.15, 0.2) is 0 Å². The number of rotatable bonds is 4. The lowest BCUT2D eigenvalue weighted by Gasteiger charge is -2.23. The summed E-state index contributed by atoms with van der Waals surface area (Å²) in [5, 5.41) is 12.3. The summed E-state index contributed by atoms with van der Waals surface area (Å²) in [7, 11) is 0. The molecule has 0 spiro atoms. The van der Waals surface area contributed by atoms with Crippen LogP contribution in [-0.2, 0) is 0 Å². The minimum Gasteiger partial charge on any atom is -0.395 e. The Morgan fingerprint density at radius 2 is 1.92 bits per heavy atom. The summed E-state index contributed by atoms with van der Waals surface area (Å²) in [5.74, 6) is 0.846. The fourth-order valence-electron chi connectivity index (χ4n) is 2.09. The van der Waals surface area contributed by atoms with Crippen LogP contribution in [0.5, 0.6) is 0 Å². The SMILES string of the molecule is CC(CO)NC(C)C1CCCC1. The molecule has 0 aromatic heterocycles. The highest BCUT2D eigenvalue weighted by molar-refractivity contribution is 4.78. The van der Waals surface area contributed by atoms with Crippen LogP contribution in [-0.4, -0.2) is 23.8 Å². The minimum absolute atomic E-state index is 0.247. The van der Waals surface area contributed by atoms with Crippen LogP contribution in [0.15, 0.2) is 0 Å². The minimum atomic E-state index is 0.247. The highest BCUT2D eigenvalue weighted by Crippen LogP contribution is 2.27. The molecule has 0 bridgehead atoms. The van der Waals surface area contributed by atoms with Gasteiger partial charge in [-0.15, -0.1) is 0 Å². The predicted molar refractivity (Wildman–Crippen MR) is 51.1 cm³/mol. The van der Waals surface area contributed by atoms with E-state index in [1.165, 1.54) is 25.7 Å². The first kappa shape index (κ1) is 10.0. The third-order valence-electron chi connectivity index (χ3n) is 2.93. The molecule has 1 rings (SSSR count). The van der Waals surface area contributed by atoms with Gasteiger partial charge in [0.05, 0.1) is 6.61 Å². The van der Waals surface area contributed by atoms with Crippen LogP contribution in [0.25, 0.3) is 0 Å². The second kappa shape index (κ2) is 4.83. The largest absolute Gasteiger partial charge is 0.395 e. The van der Waals surface area contributed by atoms with Gasteiger partial charge in [0.1, 0.15) is 0 Å². The molecule has 2 atom stereocenters. The monoisotopic (exact) mass is 171 g/mol. The van der Waals surface area contributed by atoms with E-state index in [-0.39, 0.29) is 12.6 Å². The lowest BCUT2D eigenvalue weighted by molar-refractivity contribution is 0.228. The zero-order chi connectivity index (χ0) is 8.97. The van der Waals surface area contributed by atoms with Gasteiger partial charge in [0.25, 0.3) is 0 Å². The van der Waals surface area contributed by atoms with Crippen LogP contribution in [0, 0.1) is 5.92 Å². The summed E-state index contributed by atoms with van der Waals surface area (Å²) >= 11 is 0. The molecule has 0 aromatic carbocycles. The van der Waals surface area contributed by atoms with Crippen molar-refractivity contribution in [3.63, 3.8) is 0 Å². The van der Waals surface area contributed by atoms with Gasteiger partial charge in [-0.1, -0.05) is 12.8 Å². The number of hydrogen-bond acceptors (Lipinski definition) is 2. The maximum atomic E-state index is 8.86. The van der Waals surface area contributed by atoms with Crippen LogP contribution in [0.1, 0.15) is 39.5 Å². The molecule has 0 saturated heterocycles. The fraction of sp³-hybridized carbons (Fsp3) is 1.00. The first-order chi connectivity index (χ1) is 5.74. The maximum Gasteiger partial charge on any atom is 0.0582 e. The van der Waals surface area contributed by atoms with Gasteiger partial charge in [-0.3, -0.25) is 0 Å². The quantitative estimate of drug-likeness (QED) is 0.672. The molecule has 72 valence electrons. The van der Waals surface area contributed by atoms with Crippen molar-refractivity contribution in [3.8, 4) is 0 Å². The molecule has 1 fully saturated rings. The van der Waals surface area contributed by atoms with Gasteiger partial charge in [-0.25, -0.2) is 0 Å². The Morgan fingerprint density at radius 3 is 2.42 bits per heavy atom. The Kier molecular flexibility index (Phi) is 4.02. The highest BCUT2D eigenvalue weighted by Gasteiger charge is 2.21. The number of aliphatic hydroxyl groups is 1. The second-order valence-electron chi connectivity index (χ2n) is 4.08. The predicted octanol–water partition coefficient (Wildman–Crippen LogP) is 1.54. The highest BCUT2D eigenvalue weighted by atomic mass is 16.3. The smallest absolute Gasteiger partial charge is 0.0582 e. The molecule has 0 amide bonds. The zero-order valence-electron chi connectivity index (χ0n) is 8.21. The van der Waals surface area contributed by atoms with Gasteiger partial charge in [0, 0.05) is 12.1 Å². The van der Waals surface area contributed by atoms with Crippen LogP contribution in [0.3, 0.4) is 0 Å². The lowest BCUT2D eigenvalue weighted by atomic mass is 9.99. The third-order valence-corrected chi connectivity index (χ3v) is 2.93. The van der Waals surface area contributed by atoms with Crippen molar-refractivity contribution < 1.29 is 5.11 Å². The van der Waals surface area contributed by atoms with Crippen molar-refractivity contribution >= 4 is 0 Å². The Balaban J connectivity index is 2.21. The van der Waals surface area contributed by atoms with E-state index in [9.17, 15) is 0 Å². The molecular formula is C10H21NO. The topological polar surface area (TPSA) is 32.3 Å². The average molecular weight is 171 g/mol. The lowest BCUT2D eigenvalue weighted by Crippen LogP contribution is -2.40. The first-order valence-electron chi connectivity index (χ1n) is 5.11. The van der Waals surface area contributed by atoms with E-state index in [1.807, 2.05) is 6.92 Å². The van der Waals surface area contributed by atoms with E-state index < -0.39 is 0 Å². The van der Waals surface area contributed by atoms with Gasteiger partial charge >= 0.3 is 0 Å². The third kappa shape index (κ3) is 2.76. The molecule has 2 heteroatoms.